The second-order valence-corrected chi connectivity index (χ2v) is 7.58. The summed E-state index contributed by atoms with van der Waals surface area (Å²) >= 11 is 12.4. The largest absolute Gasteiger partial charge is 0.489 e. The van der Waals surface area contributed by atoms with E-state index in [-0.39, 0.29) is 0 Å². The number of aromatic amines is 1. The molecule has 0 atom stereocenters. The third-order valence-corrected chi connectivity index (χ3v) is 5.36. The van der Waals surface area contributed by atoms with Crippen LogP contribution in [0.15, 0.2) is 66.7 Å². The Labute approximate surface area is 179 Å². The lowest BCUT2D eigenvalue weighted by molar-refractivity contribution is 0.306. The van der Waals surface area contributed by atoms with Crippen molar-refractivity contribution in [3.8, 4) is 5.75 Å². The summed E-state index contributed by atoms with van der Waals surface area (Å²) < 4.78 is 5.89. The number of ether oxygens (including phenoxy) is 1. The molecule has 1 heterocycles. The number of para-hydroxylation sites is 2. The second-order valence-electron chi connectivity index (χ2n) is 6.76. The highest BCUT2D eigenvalue weighted by atomic mass is 35.5. The van der Waals surface area contributed by atoms with Gasteiger partial charge >= 0.3 is 0 Å². The van der Waals surface area contributed by atoms with Crippen molar-refractivity contribution in [2.75, 3.05) is 6.54 Å². The van der Waals surface area contributed by atoms with Gasteiger partial charge in [0.25, 0.3) is 0 Å². The molecule has 3 aromatic carbocycles. The van der Waals surface area contributed by atoms with Crippen LogP contribution in [-0.2, 0) is 19.6 Å². The number of fused-ring (bicyclic) bond motifs is 1. The van der Waals surface area contributed by atoms with Crippen LogP contribution in [0.1, 0.15) is 17.0 Å². The van der Waals surface area contributed by atoms with E-state index in [9.17, 15) is 0 Å². The highest BCUT2D eigenvalue weighted by Gasteiger charge is 2.07. The van der Waals surface area contributed by atoms with Crippen LogP contribution >= 0.6 is 23.2 Å². The predicted molar refractivity (Wildman–Crippen MR) is 119 cm³/mol. The summed E-state index contributed by atoms with van der Waals surface area (Å²) in [6.45, 7) is 1.92. The van der Waals surface area contributed by atoms with E-state index in [1.54, 1.807) is 0 Å². The SMILES string of the molecule is Clc1cccc(Cl)c1COc1cccc(CNCCc2nc3ccccc3[nH]2)c1. The Hall–Kier alpha value is -2.53. The average Bonchev–Trinajstić information content (AvgIpc) is 3.14. The summed E-state index contributed by atoms with van der Waals surface area (Å²) in [6, 6.07) is 21.5. The van der Waals surface area contributed by atoms with Crippen LogP contribution in [0.2, 0.25) is 10.0 Å². The minimum atomic E-state index is 0.335. The zero-order valence-electron chi connectivity index (χ0n) is 15.8. The minimum Gasteiger partial charge on any atom is -0.489 e. The van der Waals surface area contributed by atoms with Gasteiger partial charge in [-0.15, -0.1) is 0 Å². The topological polar surface area (TPSA) is 49.9 Å². The Morgan fingerprint density at radius 1 is 0.931 bits per heavy atom. The molecule has 4 rings (SSSR count). The molecule has 0 spiro atoms. The van der Waals surface area contributed by atoms with E-state index >= 15 is 0 Å². The quantitative estimate of drug-likeness (QED) is 0.351. The highest BCUT2D eigenvalue weighted by molar-refractivity contribution is 6.35. The number of imidazole rings is 1. The van der Waals surface area contributed by atoms with E-state index in [0.29, 0.717) is 16.7 Å². The molecule has 0 saturated carbocycles. The number of nitrogens with one attached hydrogen (secondary N) is 2. The minimum absolute atomic E-state index is 0.335. The monoisotopic (exact) mass is 425 g/mol. The maximum absolute atomic E-state index is 6.21. The van der Waals surface area contributed by atoms with Crippen LogP contribution in [0.4, 0.5) is 0 Å². The fraction of sp³-hybridized carbons (Fsp3) is 0.174. The molecular formula is C23H21Cl2N3O. The first-order chi connectivity index (χ1) is 14.2. The molecule has 148 valence electrons. The van der Waals surface area contributed by atoms with E-state index in [2.05, 4.69) is 21.4 Å². The molecule has 6 heteroatoms. The Kier molecular flexibility index (Phi) is 6.35. The summed E-state index contributed by atoms with van der Waals surface area (Å²) in [5.74, 6) is 1.78. The van der Waals surface area contributed by atoms with E-state index in [1.807, 2.05) is 60.7 Å². The van der Waals surface area contributed by atoms with Crippen molar-refractivity contribution in [3.63, 3.8) is 0 Å². The lowest BCUT2D eigenvalue weighted by Gasteiger charge is -2.11. The fourth-order valence-corrected chi connectivity index (χ4v) is 3.64. The van der Waals surface area contributed by atoms with Gasteiger partial charge in [0.05, 0.1) is 11.0 Å². The molecule has 0 unspecified atom stereocenters. The van der Waals surface area contributed by atoms with Crippen molar-refractivity contribution in [3.05, 3.63) is 93.7 Å². The molecule has 0 fully saturated rings. The maximum atomic E-state index is 6.21. The molecule has 0 bridgehead atoms. The van der Waals surface area contributed by atoms with Gasteiger partial charge in [-0.25, -0.2) is 4.98 Å². The van der Waals surface area contributed by atoms with Crippen molar-refractivity contribution in [2.24, 2.45) is 0 Å². The highest BCUT2D eigenvalue weighted by Crippen LogP contribution is 2.26. The van der Waals surface area contributed by atoms with Crippen molar-refractivity contribution < 1.29 is 4.74 Å². The Bertz CT molecular complexity index is 1060. The van der Waals surface area contributed by atoms with E-state index in [4.69, 9.17) is 27.9 Å². The van der Waals surface area contributed by atoms with Crippen molar-refractivity contribution >= 4 is 34.2 Å². The van der Waals surface area contributed by atoms with Gasteiger partial charge in [0.2, 0.25) is 0 Å². The second kappa shape index (κ2) is 9.31. The number of hydrogen-bond acceptors (Lipinski definition) is 3. The third-order valence-electron chi connectivity index (χ3n) is 4.65. The Balaban J connectivity index is 1.28. The Morgan fingerprint density at radius 2 is 1.72 bits per heavy atom. The molecule has 0 radical (unpaired) electrons. The number of H-pyrrole nitrogens is 1. The molecule has 0 saturated heterocycles. The number of nitrogens with zero attached hydrogens (tertiary/aromatic N) is 1. The van der Waals surface area contributed by atoms with Crippen molar-refractivity contribution in [1.82, 2.24) is 15.3 Å². The normalized spacial score (nSPS) is 11.1. The molecule has 0 aliphatic rings. The summed E-state index contributed by atoms with van der Waals surface area (Å²) in [5, 5.41) is 4.68. The average molecular weight is 426 g/mol. The smallest absolute Gasteiger partial charge is 0.120 e. The van der Waals surface area contributed by atoms with E-state index in [1.165, 1.54) is 0 Å². The summed E-state index contributed by atoms with van der Waals surface area (Å²) in [7, 11) is 0. The van der Waals surface area contributed by atoms with Gasteiger partial charge in [0.15, 0.2) is 0 Å². The number of halogens is 2. The van der Waals surface area contributed by atoms with E-state index < -0.39 is 0 Å². The zero-order chi connectivity index (χ0) is 20.1. The molecule has 1 aromatic heterocycles. The summed E-state index contributed by atoms with van der Waals surface area (Å²) in [4.78, 5) is 7.95. The van der Waals surface area contributed by atoms with Gasteiger partial charge in [-0.2, -0.15) is 0 Å². The first-order valence-electron chi connectivity index (χ1n) is 9.48. The summed E-state index contributed by atoms with van der Waals surface area (Å²) in [5.41, 5.74) is 4.03. The van der Waals surface area contributed by atoms with Gasteiger partial charge in [-0.3, -0.25) is 0 Å². The lowest BCUT2D eigenvalue weighted by atomic mass is 10.2. The predicted octanol–water partition coefficient (Wildman–Crippen LogP) is 5.78. The van der Waals surface area contributed by atoms with Crippen molar-refractivity contribution in [2.45, 2.75) is 19.6 Å². The Morgan fingerprint density at radius 3 is 2.55 bits per heavy atom. The lowest BCUT2D eigenvalue weighted by Crippen LogP contribution is -2.17. The molecule has 29 heavy (non-hydrogen) atoms. The third kappa shape index (κ3) is 5.10. The van der Waals surface area contributed by atoms with Crippen LogP contribution in [0, 0.1) is 0 Å². The van der Waals surface area contributed by atoms with Gasteiger partial charge in [-0.05, 0) is 42.0 Å². The molecule has 0 amide bonds. The van der Waals surface area contributed by atoms with Gasteiger partial charge in [0.1, 0.15) is 18.2 Å². The first-order valence-corrected chi connectivity index (χ1v) is 10.2. The van der Waals surface area contributed by atoms with Crippen LogP contribution in [0.5, 0.6) is 5.75 Å². The number of rotatable bonds is 8. The van der Waals surface area contributed by atoms with Crippen LogP contribution in [0.3, 0.4) is 0 Å². The molecule has 0 aliphatic heterocycles. The first kappa shape index (κ1) is 19.8. The zero-order valence-corrected chi connectivity index (χ0v) is 17.3. The van der Waals surface area contributed by atoms with Gasteiger partial charge < -0.3 is 15.0 Å². The molecular weight excluding hydrogens is 405 g/mol. The van der Waals surface area contributed by atoms with Gasteiger partial charge in [-0.1, -0.05) is 53.5 Å². The number of benzene rings is 3. The molecule has 0 aliphatic carbocycles. The number of hydrogen-bond donors (Lipinski definition) is 2. The maximum Gasteiger partial charge on any atom is 0.120 e. The fourth-order valence-electron chi connectivity index (χ4n) is 3.13. The van der Waals surface area contributed by atoms with Gasteiger partial charge in [0, 0.05) is 35.1 Å². The van der Waals surface area contributed by atoms with Crippen LogP contribution in [0.25, 0.3) is 11.0 Å². The van der Waals surface area contributed by atoms with Crippen LogP contribution < -0.4 is 10.1 Å². The molecule has 2 N–H and O–H groups in total. The standard InChI is InChI=1S/C23H21Cl2N3O/c24-19-7-4-8-20(25)18(19)15-29-17-6-3-5-16(13-17)14-26-12-11-23-27-21-9-1-2-10-22(21)28-23/h1-10,13,26H,11-12,14-15H2,(H,27,28). The molecule has 4 aromatic rings. The number of aromatic nitrogens is 2. The van der Waals surface area contributed by atoms with Crippen LogP contribution in [-0.4, -0.2) is 16.5 Å². The van der Waals surface area contributed by atoms with Crippen molar-refractivity contribution in [1.29, 1.82) is 0 Å². The van der Waals surface area contributed by atoms with E-state index in [0.717, 1.165) is 53.2 Å². The molecule has 4 nitrogen and oxygen atoms in total. The summed E-state index contributed by atoms with van der Waals surface area (Å²) in [6.07, 6.45) is 0.843.